The molecule has 130 valence electrons. The van der Waals surface area contributed by atoms with Crippen molar-refractivity contribution in [3.05, 3.63) is 35.0 Å². The number of morpholine rings is 1. The number of hydrogen-bond donors (Lipinski definition) is 1. The highest BCUT2D eigenvalue weighted by molar-refractivity contribution is 6.31. The van der Waals surface area contributed by atoms with Crippen LogP contribution in [0, 0.1) is 0 Å². The van der Waals surface area contributed by atoms with Crippen LogP contribution in [0.25, 0.3) is 0 Å². The smallest absolute Gasteiger partial charge is 0.354 e. The van der Waals surface area contributed by atoms with Gasteiger partial charge in [-0.05, 0) is 18.2 Å². The van der Waals surface area contributed by atoms with Crippen LogP contribution in [-0.4, -0.2) is 52.5 Å². The number of carbonyl (C=O) groups excluding carboxylic acids is 2. The Morgan fingerprint density at radius 3 is 2.58 bits per heavy atom. The Morgan fingerprint density at radius 1 is 1.25 bits per heavy atom. The van der Waals surface area contributed by atoms with Crippen molar-refractivity contribution < 1.29 is 23.8 Å². The molecular formula is C16H19ClN2O5. The first kappa shape index (κ1) is 18.1. The zero-order valence-electron chi connectivity index (χ0n) is 13.5. The highest BCUT2D eigenvalue weighted by atomic mass is 35.5. The van der Waals surface area contributed by atoms with Gasteiger partial charge in [0.15, 0.2) is 0 Å². The summed E-state index contributed by atoms with van der Waals surface area (Å²) in [4.78, 5) is 25.5. The van der Waals surface area contributed by atoms with Crippen LogP contribution in [0.4, 0.5) is 11.4 Å². The van der Waals surface area contributed by atoms with Crippen LogP contribution >= 0.6 is 11.6 Å². The Morgan fingerprint density at radius 2 is 1.96 bits per heavy atom. The van der Waals surface area contributed by atoms with E-state index in [2.05, 4.69) is 15.0 Å². The number of benzene rings is 1. The first-order chi connectivity index (χ1) is 11.5. The number of hydrogen-bond acceptors (Lipinski definition) is 7. The van der Waals surface area contributed by atoms with Crippen molar-refractivity contribution in [2.75, 3.05) is 50.7 Å². The SMILES string of the molecule is COC(=O)/C=C(/Nc1cc(Cl)ccc1N1CCOCC1)C(=O)OC. The highest BCUT2D eigenvalue weighted by Gasteiger charge is 2.19. The summed E-state index contributed by atoms with van der Waals surface area (Å²) in [5, 5.41) is 3.42. The molecule has 7 nitrogen and oxygen atoms in total. The Hall–Kier alpha value is -2.25. The van der Waals surface area contributed by atoms with E-state index in [1.54, 1.807) is 12.1 Å². The molecule has 1 aliphatic rings. The van der Waals surface area contributed by atoms with E-state index in [1.165, 1.54) is 14.2 Å². The third-order valence-electron chi connectivity index (χ3n) is 3.45. The molecule has 0 bridgehead atoms. The van der Waals surface area contributed by atoms with Crippen LogP contribution in [0.3, 0.4) is 0 Å². The van der Waals surface area contributed by atoms with Gasteiger partial charge in [0.25, 0.3) is 0 Å². The summed E-state index contributed by atoms with van der Waals surface area (Å²) >= 11 is 6.08. The van der Waals surface area contributed by atoms with Crippen molar-refractivity contribution in [2.24, 2.45) is 0 Å². The molecule has 1 heterocycles. The molecule has 0 saturated carbocycles. The first-order valence-corrected chi connectivity index (χ1v) is 7.70. The van der Waals surface area contributed by atoms with Crippen molar-refractivity contribution in [1.29, 1.82) is 0 Å². The first-order valence-electron chi connectivity index (χ1n) is 7.32. The van der Waals surface area contributed by atoms with E-state index in [9.17, 15) is 9.59 Å². The standard InChI is InChI=1S/C16H19ClN2O5/c1-22-15(20)10-13(16(21)23-2)18-12-9-11(17)3-4-14(12)19-5-7-24-8-6-19/h3-4,9-10,18H,5-8H2,1-2H3/b13-10+. The molecule has 1 aromatic carbocycles. The van der Waals surface area contributed by atoms with E-state index in [1.807, 2.05) is 6.07 Å². The van der Waals surface area contributed by atoms with E-state index in [4.69, 9.17) is 21.1 Å². The topological polar surface area (TPSA) is 77.1 Å². The normalized spacial score (nSPS) is 15.0. The Balaban J connectivity index is 2.34. The van der Waals surface area contributed by atoms with E-state index in [0.717, 1.165) is 11.8 Å². The Labute approximate surface area is 145 Å². The third-order valence-corrected chi connectivity index (χ3v) is 3.68. The lowest BCUT2D eigenvalue weighted by atomic mass is 10.2. The second-order valence-corrected chi connectivity index (χ2v) is 5.40. The van der Waals surface area contributed by atoms with Gasteiger partial charge in [0.05, 0.1) is 44.9 Å². The van der Waals surface area contributed by atoms with Crippen LogP contribution in [0.2, 0.25) is 5.02 Å². The van der Waals surface area contributed by atoms with Gasteiger partial charge in [0.2, 0.25) is 0 Å². The van der Waals surface area contributed by atoms with Gasteiger partial charge in [-0.1, -0.05) is 11.6 Å². The van der Waals surface area contributed by atoms with Crippen molar-refractivity contribution in [2.45, 2.75) is 0 Å². The molecule has 1 aromatic rings. The van der Waals surface area contributed by atoms with Gasteiger partial charge >= 0.3 is 11.9 Å². The van der Waals surface area contributed by atoms with E-state index < -0.39 is 11.9 Å². The van der Waals surface area contributed by atoms with Crippen LogP contribution in [0.15, 0.2) is 30.0 Å². The molecule has 8 heteroatoms. The van der Waals surface area contributed by atoms with Gasteiger partial charge in [-0.25, -0.2) is 9.59 Å². The number of nitrogens with one attached hydrogen (secondary N) is 1. The number of esters is 2. The fourth-order valence-corrected chi connectivity index (χ4v) is 2.44. The maximum atomic E-state index is 11.9. The lowest BCUT2D eigenvalue weighted by Gasteiger charge is -2.31. The minimum atomic E-state index is -0.687. The highest BCUT2D eigenvalue weighted by Crippen LogP contribution is 2.31. The number of anilines is 2. The quantitative estimate of drug-likeness (QED) is 0.638. The van der Waals surface area contributed by atoms with Crippen LogP contribution < -0.4 is 10.2 Å². The molecule has 1 saturated heterocycles. The molecule has 0 unspecified atom stereocenters. The number of ether oxygens (including phenoxy) is 3. The third kappa shape index (κ3) is 4.62. The largest absolute Gasteiger partial charge is 0.466 e. The summed E-state index contributed by atoms with van der Waals surface area (Å²) in [7, 11) is 2.46. The molecule has 1 aliphatic heterocycles. The zero-order valence-corrected chi connectivity index (χ0v) is 14.3. The van der Waals surface area contributed by atoms with Gasteiger partial charge < -0.3 is 24.4 Å². The summed E-state index contributed by atoms with van der Waals surface area (Å²) < 4.78 is 14.6. The maximum Gasteiger partial charge on any atom is 0.354 e. The molecule has 2 rings (SSSR count). The van der Waals surface area contributed by atoms with Crippen molar-refractivity contribution in [3.8, 4) is 0 Å². The Bertz CT molecular complexity index is 641. The zero-order chi connectivity index (χ0) is 17.5. The molecule has 0 aromatic heterocycles. The molecule has 0 amide bonds. The van der Waals surface area contributed by atoms with Crippen molar-refractivity contribution >= 4 is 34.9 Å². The fourth-order valence-electron chi connectivity index (χ4n) is 2.27. The van der Waals surface area contributed by atoms with E-state index in [0.29, 0.717) is 37.0 Å². The van der Waals surface area contributed by atoms with Crippen molar-refractivity contribution in [1.82, 2.24) is 0 Å². The monoisotopic (exact) mass is 354 g/mol. The minimum Gasteiger partial charge on any atom is -0.466 e. The summed E-state index contributed by atoms with van der Waals surface area (Å²) in [5.74, 6) is -1.36. The van der Waals surface area contributed by atoms with Gasteiger partial charge in [0.1, 0.15) is 5.70 Å². The van der Waals surface area contributed by atoms with Gasteiger partial charge in [0, 0.05) is 18.1 Å². The fraction of sp³-hybridized carbons (Fsp3) is 0.375. The maximum absolute atomic E-state index is 11.9. The number of carbonyl (C=O) groups is 2. The average molecular weight is 355 g/mol. The molecule has 24 heavy (non-hydrogen) atoms. The molecule has 1 N–H and O–H groups in total. The van der Waals surface area contributed by atoms with Crippen LogP contribution in [0.5, 0.6) is 0 Å². The van der Waals surface area contributed by atoms with Crippen molar-refractivity contribution in [3.63, 3.8) is 0 Å². The second kappa shape index (κ2) is 8.56. The van der Waals surface area contributed by atoms with Crippen LogP contribution in [-0.2, 0) is 23.8 Å². The van der Waals surface area contributed by atoms with Gasteiger partial charge in [-0.3, -0.25) is 0 Å². The molecule has 0 aliphatic carbocycles. The summed E-state index contributed by atoms with van der Waals surface area (Å²) in [6, 6.07) is 5.29. The number of halogens is 1. The lowest BCUT2D eigenvalue weighted by Crippen LogP contribution is -2.36. The summed E-state index contributed by atoms with van der Waals surface area (Å²) in [5.41, 5.74) is 1.40. The molecule has 0 radical (unpaired) electrons. The molecular weight excluding hydrogens is 336 g/mol. The van der Waals surface area contributed by atoms with E-state index >= 15 is 0 Å². The number of methoxy groups -OCH3 is 2. The minimum absolute atomic E-state index is 0.0406. The molecule has 1 fully saturated rings. The number of rotatable bonds is 5. The van der Waals surface area contributed by atoms with Gasteiger partial charge in [-0.15, -0.1) is 0 Å². The average Bonchev–Trinajstić information content (AvgIpc) is 2.61. The summed E-state index contributed by atoms with van der Waals surface area (Å²) in [6.45, 7) is 2.66. The predicted octanol–water partition coefficient (Wildman–Crippen LogP) is 1.82. The molecule has 0 spiro atoms. The summed E-state index contributed by atoms with van der Waals surface area (Å²) in [6.07, 6.45) is 1.04. The second-order valence-electron chi connectivity index (χ2n) is 4.96. The number of nitrogens with zero attached hydrogens (tertiary/aromatic N) is 1. The Kier molecular flexibility index (Phi) is 6.45. The van der Waals surface area contributed by atoms with Crippen LogP contribution in [0.1, 0.15) is 0 Å². The van der Waals surface area contributed by atoms with Gasteiger partial charge in [-0.2, -0.15) is 0 Å². The van der Waals surface area contributed by atoms with E-state index in [-0.39, 0.29) is 5.70 Å². The lowest BCUT2D eigenvalue weighted by molar-refractivity contribution is -0.138. The molecule has 0 atom stereocenters. The predicted molar refractivity (Wildman–Crippen MR) is 90.2 cm³/mol.